The largest absolute Gasteiger partial charge is 0.355 e. The highest BCUT2D eigenvalue weighted by Gasteiger charge is 2.23. The van der Waals surface area contributed by atoms with Crippen LogP contribution in [0.25, 0.3) is 6.08 Å². The summed E-state index contributed by atoms with van der Waals surface area (Å²) in [6, 6.07) is 2.22. The molecule has 1 amide bonds. The molecule has 2 aromatic heterocycles. The van der Waals surface area contributed by atoms with E-state index in [1.54, 1.807) is 18.4 Å². The zero-order chi connectivity index (χ0) is 17.1. The number of pyridine rings is 1. The molecule has 0 spiro atoms. The molecule has 1 N–H and O–H groups in total. The number of carbonyl (C=O) groups excluding carboxylic acids is 1. The molecular formula is C19H23N3OS. The first-order chi connectivity index (χ1) is 11.6. The van der Waals surface area contributed by atoms with Crippen LogP contribution in [-0.4, -0.2) is 29.4 Å². The maximum absolute atomic E-state index is 11.9. The first-order valence-corrected chi connectivity index (χ1v) is 9.12. The molecule has 0 saturated carbocycles. The highest BCUT2D eigenvalue weighted by atomic mass is 32.1. The number of aromatic nitrogens is 1. The van der Waals surface area contributed by atoms with Gasteiger partial charge in [0.05, 0.1) is 5.56 Å². The minimum absolute atomic E-state index is 0.0275. The molecule has 1 aliphatic rings. The van der Waals surface area contributed by atoms with Gasteiger partial charge in [0.15, 0.2) is 0 Å². The van der Waals surface area contributed by atoms with E-state index in [0.717, 1.165) is 37.3 Å². The number of aryl methyl sites for hydroxylation is 1. The number of hydrogen-bond acceptors (Lipinski definition) is 4. The Bertz CT molecular complexity index is 779. The number of thiophene rings is 1. The molecule has 5 heteroatoms. The number of fused-ring (bicyclic) bond motifs is 1. The molecule has 0 radical (unpaired) electrons. The lowest BCUT2D eigenvalue weighted by molar-refractivity contribution is 0.0962. The van der Waals surface area contributed by atoms with Gasteiger partial charge in [0.2, 0.25) is 0 Å². The zero-order valence-corrected chi connectivity index (χ0v) is 15.2. The number of nitrogens with zero attached hydrogens (tertiary/aromatic N) is 2. The van der Waals surface area contributed by atoms with Crippen LogP contribution in [0.3, 0.4) is 0 Å². The standard InChI is InChI=1S/C19H23N3OS/c1-4-5-15-8-14(9-21-13(15)2)10-22-7-6-16-17(19(23)20-3)12-24-18(16)11-22/h4-5,8-9,12H,6-7,10-11H2,1-3H3,(H,20,23)/b5-4-. The van der Waals surface area contributed by atoms with Crippen molar-refractivity contribution in [2.45, 2.75) is 33.4 Å². The van der Waals surface area contributed by atoms with Crippen LogP contribution in [0, 0.1) is 6.92 Å². The maximum atomic E-state index is 11.9. The Kier molecular flexibility index (Phi) is 5.11. The SMILES string of the molecule is C/C=C\c1cc(CN2CCc3c(C(=O)NC)csc3C2)cnc1C. The Balaban J connectivity index is 1.74. The van der Waals surface area contributed by atoms with Crippen LogP contribution in [0.2, 0.25) is 0 Å². The minimum Gasteiger partial charge on any atom is -0.355 e. The molecule has 126 valence electrons. The summed E-state index contributed by atoms with van der Waals surface area (Å²) in [6.07, 6.45) is 7.06. The van der Waals surface area contributed by atoms with E-state index in [-0.39, 0.29) is 5.91 Å². The first kappa shape index (κ1) is 16.9. The molecule has 0 bridgehead atoms. The highest BCUT2D eigenvalue weighted by molar-refractivity contribution is 7.10. The van der Waals surface area contributed by atoms with Crippen LogP contribution < -0.4 is 5.32 Å². The van der Waals surface area contributed by atoms with E-state index in [1.807, 2.05) is 31.5 Å². The Labute approximate surface area is 147 Å². The summed E-state index contributed by atoms with van der Waals surface area (Å²) in [7, 11) is 1.69. The van der Waals surface area contributed by atoms with Gasteiger partial charge in [-0.15, -0.1) is 11.3 Å². The van der Waals surface area contributed by atoms with Gasteiger partial charge < -0.3 is 5.32 Å². The third kappa shape index (κ3) is 3.42. The Morgan fingerprint density at radius 3 is 3.08 bits per heavy atom. The molecule has 3 heterocycles. The van der Waals surface area contributed by atoms with Crippen molar-refractivity contribution in [2.24, 2.45) is 0 Å². The third-order valence-electron chi connectivity index (χ3n) is 4.43. The van der Waals surface area contributed by atoms with Crippen molar-refractivity contribution >= 4 is 23.3 Å². The average molecular weight is 341 g/mol. The van der Waals surface area contributed by atoms with Gasteiger partial charge in [0.1, 0.15) is 0 Å². The number of amides is 1. The van der Waals surface area contributed by atoms with Crippen molar-refractivity contribution in [3.8, 4) is 0 Å². The van der Waals surface area contributed by atoms with Crippen LogP contribution in [0.1, 0.15) is 44.5 Å². The fraction of sp³-hybridized carbons (Fsp3) is 0.368. The van der Waals surface area contributed by atoms with Crippen LogP contribution in [0.15, 0.2) is 23.7 Å². The molecule has 0 atom stereocenters. The maximum Gasteiger partial charge on any atom is 0.252 e. The molecule has 4 nitrogen and oxygen atoms in total. The van der Waals surface area contributed by atoms with Gasteiger partial charge in [0, 0.05) is 48.8 Å². The van der Waals surface area contributed by atoms with Crippen LogP contribution in [0.5, 0.6) is 0 Å². The van der Waals surface area contributed by atoms with E-state index in [0.29, 0.717) is 0 Å². The summed E-state index contributed by atoms with van der Waals surface area (Å²) in [6.45, 7) is 6.84. The minimum atomic E-state index is 0.0275. The fourth-order valence-corrected chi connectivity index (χ4v) is 4.25. The number of hydrogen-bond donors (Lipinski definition) is 1. The monoisotopic (exact) mass is 341 g/mol. The lowest BCUT2D eigenvalue weighted by atomic mass is 10.0. The summed E-state index contributed by atoms with van der Waals surface area (Å²) in [5.41, 5.74) is 5.56. The van der Waals surface area contributed by atoms with Gasteiger partial charge in [0.25, 0.3) is 5.91 Å². The number of allylic oxidation sites excluding steroid dienone is 1. The lowest BCUT2D eigenvalue weighted by Crippen LogP contribution is -2.30. The van der Waals surface area contributed by atoms with Crippen molar-refractivity contribution in [3.63, 3.8) is 0 Å². The second kappa shape index (κ2) is 7.28. The van der Waals surface area contributed by atoms with Gasteiger partial charge in [-0.05, 0) is 43.0 Å². The first-order valence-electron chi connectivity index (χ1n) is 8.24. The van der Waals surface area contributed by atoms with Crippen LogP contribution >= 0.6 is 11.3 Å². The van der Waals surface area contributed by atoms with Gasteiger partial charge in [-0.2, -0.15) is 0 Å². The molecule has 0 aliphatic carbocycles. The zero-order valence-electron chi connectivity index (χ0n) is 14.4. The van der Waals surface area contributed by atoms with E-state index in [9.17, 15) is 4.79 Å². The molecule has 24 heavy (non-hydrogen) atoms. The van der Waals surface area contributed by atoms with Crippen molar-refractivity contribution in [1.82, 2.24) is 15.2 Å². The van der Waals surface area contributed by atoms with Gasteiger partial charge >= 0.3 is 0 Å². The molecule has 1 aliphatic heterocycles. The van der Waals surface area contributed by atoms with Crippen molar-refractivity contribution < 1.29 is 4.79 Å². The second-order valence-corrected chi connectivity index (χ2v) is 7.07. The molecule has 0 unspecified atom stereocenters. The number of carbonyl (C=O) groups is 1. The molecule has 0 fully saturated rings. The van der Waals surface area contributed by atoms with E-state index in [2.05, 4.69) is 27.3 Å². The average Bonchev–Trinajstić information content (AvgIpc) is 3.00. The van der Waals surface area contributed by atoms with Gasteiger partial charge in [-0.1, -0.05) is 12.2 Å². The summed E-state index contributed by atoms with van der Waals surface area (Å²) in [5.74, 6) is 0.0275. The van der Waals surface area contributed by atoms with Crippen LogP contribution in [0.4, 0.5) is 0 Å². The smallest absolute Gasteiger partial charge is 0.252 e. The van der Waals surface area contributed by atoms with Gasteiger partial charge in [-0.3, -0.25) is 14.7 Å². The van der Waals surface area contributed by atoms with E-state index < -0.39 is 0 Å². The van der Waals surface area contributed by atoms with Gasteiger partial charge in [-0.25, -0.2) is 0 Å². The van der Waals surface area contributed by atoms with Crippen molar-refractivity contribution in [3.05, 3.63) is 56.5 Å². The van der Waals surface area contributed by atoms with Crippen LogP contribution in [-0.2, 0) is 19.5 Å². The van der Waals surface area contributed by atoms with Crippen molar-refractivity contribution in [1.29, 1.82) is 0 Å². The predicted octanol–water partition coefficient (Wildman–Crippen LogP) is 3.40. The molecule has 3 rings (SSSR count). The predicted molar refractivity (Wildman–Crippen MR) is 99.2 cm³/mol. The summed E-state index contributed by atoms with van der Waals surface area (Å²) in [5, 5.41) is 4.72. The number of rotatable bonds is 4. The molecule has 2 aromatic rings. The quantitative estimate of drug-likeness (QED) is 0.927. The molecular weight excluding hydrogens is 318 g/mol. The van der Waals surface area contributed by atoms with E-state index in [1.165, 1.54) is 21.6 Å². The normalized spacial score (nSPS) is 14.8. The number of nitrogens with one attached hydrogen (secondary N) is 1. The Hall–Kier alpha value is -1.98. The van der Waals surface area contributed by atoms with E-state index in [4.69, 9.17) is 0 Å². The summed E-state index contributed by atoms with van der Waals surface area (Å²) in [4.78, 5) is 20.2. The summed E-state index contributed by atoms with van der Waals surface area (Å²) >= 11 is 1.69. The Morgan fingerprint density at radius 2 is 2.33 bits per heavy atom. The fourth-order valence-electron chi connectivity index (χ4n) is 3.13. The summed E-state index contributed by atoms with van der Waals surface area (Å²) < 4.78 is 0. The van der Waals surface area contributed by atoms with Crippen molar-refractivity contribution in [2.75, 3.05) is 13.6 Å². The van der Waals surface area contributed by atoms with E-state index >= 15 is 0 Å². The molecule has 0 aromatic carbocycles. The molecule has 0 saturated heterocycles. The third-order valence-corrected chi connectivity index (χ3v) is 5.45. The highest BCUT2D eigenvalue weighted by Crippen LogP contribution is 2.29. The lowest BCUT2D eigenvalue weighted by Gasteiger charge is -2.27. The second-order valence-electron chi connectivity index (χ2n) is 6.11. The topological polar surface area (TPSA) is 45.2 Å². The Morgan fingerprint density at radius 1 is 1.50 bits per heavy atom.